The van der Waals surface area contributed by atoms with Gasteiger partial charge in [0.2, 0.25) is 0 Å². The summed E-state index contributed by atoms with van der Waals surface area (Å²) in [4.78, 5) is 20.1. The fourth-order valence-corrected chi connectivity index (χ4v) is 3.56. The van der Waals surface area contributed by atoms with Crippen LogP contribution in [0.3, 0.4) is 0 Å². The zero-order valence-electron chi connectivity index (χ0n) is 11.5. The number of amides is 1. The van der Waals surface area contributed by atoms with Crippen molar-refractivity contribution in [3.8, 4) is 0 Å². The summed E-state index contributed by atoms with van der Waals surface area (Å²) in [5.74, 6) is 0.127. The summed E-state index contributed by atoms with van der Waals surface area (Å²) in [5.41, 5.74) is 4.35. The average Bonchev–Trinajstić information content (AvgIpc) is 2.97. The quantitative estimate of drug-likeness (QED) is 0.444. The Labute approximate surface area is 135 Å². The predicted molar refractivity (Wildman–Crippen MR) is 90.3 cm³/mol. The van der Waals surface area contributed by atoms with Crippen molar-refractivity contribution in [3.05, 3.63) is 54.4 Å². The van der Waals surface area contributed by atoms with E-state index in [1.165, 1.54) is 11.8 Å². The first-order valence-electron chi connectivity index (χ1n) is 6.51. The van der Waals surface area contributed by atoms with Crippen LogP contribution in [0.5, 0.6) is 0 Å². The number of hydrogen-bond acceptors (Lipinski definition) is 6. The molecule has 3 aromatic rings. The number of carbonyl (C=O) groups excluding carboxylic acids is 1. The van der Waals surface area contributed by atoms with Gasteiger partial charge in [0.15, 0.2) is 4.34 Å². The normalized spacial score (nSPS) is 11.1. The lowest BCUT2D eigenvalue weighted by molar-refractivity contribution is -0.118. The van der Waals surface area contributed by atoms with E-state index in [9.17, 15) is 4.79 Å². The van der Waals surface area contributed by atoms with E-state index < -0.39 is 0 Å². The largest absolute Gasteiger partial charge is 0.272 e. The van der Waals surface area contributed by atoms with Crippen molar-refractivity contribution in [1.82, 2.24) is 15.4 Å². The third kappa shape index (κ3) is 3.90. The van der Waals surface area contributed by atoms with Crippen LogP contribution < -0.4 is 5.43 Å². The molecule has 22 heavy (non-hydrogen) atoms. The van der Waals surface area contributed by atoms with Gasteiger partial charge in [0.1, 0.15) is 0 Å². The topological polar surface area (TPSA) is 67.2 Å². The third-order valence-corrected chi connectivity index (χ3v) is 4.89. The van der Waals surface area contributed by atoms with Gasteiger partial charge in [-0.3, -0.25) is 9.78 Å². The van der Waals surface area contributed by atoms with Crippen LogP contribution in [0, 0.1) is 0 Å². The highest BCUT2D eigenvalue weighted by atomic mass is 32.2. The first kappa shape index (κ1) is 14.7. The molecule has 1 amide bonds. The standard InChI is InChI=1S/C15H12N4OS2/c20-14(19-17-9-11-5-7-16-8-6-11)10-21-15-18-12-3-1-2-4-13(12)22-15/h1-9H,10H2,(H,19,20)/b17-9+. The summed E-state index contributed by atoms with van der Waals surface area (Å²) >= 11 is 3.00. The molecule has 2 aromatic heterocycles. The Hall–Kier alpha value is -2.25. The average molecular weight is 328 g/mol. The summed E-state index contributed by atoms with van der Waals surface area (Å²) in [6.07, 6.45) is 4.93. The summed E-state index contributed by atoms with van der Waals surface area (Å²) in [5, 5.41) is 3.91. The van der Waals surface area contributed by atoms with Crippen molar-refractivity contribution in [2.24, 2.45) is 5.10 Å². The van der Waals surface area contributed by atoms with Crippen LogP contribution >= 0.6 is 23.1 Å². The minimum atomic E-state index is -0.158. The maximum absolute atomic E-state index is 11.7. The van der Waals surface area contributed by atoms with Crippen molar-refractivity contribution in [2.45, 2.75) is 4.34 Å². The van der Waals surface area contributed by atoms with E-state index in [0.29, 0.717) is 0 Å². The maximum Gasteiger partial charge on any atom is 0.250 e. The Morgan fingerprint density at radius 2 is 2.09 bits per heavy atom. The SMILES string of the molecule is O=C(CSc1nc2ccccc2s1)N/N=C/c1ccncc1. The molecule has 1 aromatic carbocycles. The first-order chi connectivity index (χ1) is 10.8. The van der Waals surface area contributed by atoms with Crippen molar-refractivity contribution in [3.63, 3.8) is 0 Å². The summed E-state index contributed by atoms with van der Waals surface area (Å²) < 4.78 is 2.01. The summed E-state index contributed by atoms with van der Waals surface area (Å²) in [6.45, 7) is 0. The lowest BCUT2D eigenvalue weighted by Crippen LogP contribution is -2.19. The smallest absolute Gasteiger partial charge is 0.250 e. The van der Waals surface area contributed by atoms with Crippen LogP contribution in [0.1, 0.15) is 5.56 Å². The minimum Gasteiger partial charge on any atom is -0.272 e. The van der Waals surface area contributed by atoms with E-state index in [-0.39, 0.29) is 11.7 Å². The molecular weight excluding hydrogens is 316 g/mol. The molecular formula is C15H12N4OS2. The number of pyridine rings is 1. The molecule has 7 heteroatoms. The number of benzene rings is 1. The molecule has 0 aliphatic carbocycles. The maximum atomic E-state index is 11.7. The number of carbonyl (C=O) groups is 1. The lowest BCUT2D eigenvalue weighted by Gasteiger charge is -1.97. The van der Waals surface area contributed by atoms with Crippen LogP contribution in [-0.2, 0) is 4.79 Å². The van der Waals surface area contributed by atoms with Gasteiger partial charge < -0.3 is 0 Å². The second-order valence-electron chi connectivity index (χ2n) is 4.31. The van der Waals surface area contributed by atoms with E-state index in [0.717, 1.165) is 20.1 Å². The minimum absolute atomic E-state index is 0.158. The highest BCUT2D eigenvalue weighted by molar-refractivity contribution is 8.01. The Balaban J connectivity index is 1.51. The van der Waals surface area contributed by atoms with E-state index in [2.05, 4.69) is 20.5 Å². The Kier molecular flexibility index (Phi) is 4.77. The van der Waals surface area contributed by atoms with Crippen molar-refractivity contribution in [2.75, 3.05) is 5.75 Å². The number of hydrazone groups is 1. The van der Waals surface area contributed by atoms with E-state index >= 15 is 0 Å². The number of rotatable bonds is 5. The van der Waals surface area contributed by atoms with Crippen LogP contribution in [-0.4, -0.2) is 27.8 Å². The zero-order chi connectivity index (χ0) is 15.2. The molecule has 0 aliphatic rings. The van der Waals surface area contributed by atoms with Gasteiger partial charge in [-0.25, -0.2) is 10.4 Å². The molecule has 0 unspecified atom stereocenters. The molecule has 5 nitrogen and oxygen atoms in total. The molecule has 0 bridgehead atoms. The number of hydrogen-bond donors (Lipinski definition) is 1. The summed E-state index contributed by atoms with van der Waals surface area (Å²) in [6, 6.07) is 11.6. The van der Waals surface area contributed by atoms with Gasteiger partial charge in [0.05, 0.1) is 22.2 Å². The lowest BCUT2D eigenvalue weighted by atomic mass is 10.3. The highest BCUT2D eigenvalue weighted by Gasteiger charge is 2.06. The monoisotopic (exact) mass is 328 g/mol. The number of fused-ring (bicyclic) bond motifs is 1. The van der Waals surface area contributed by atoms with Gasteiger partial charge in [0.25, 0.3) is 5.91 Å². The molecule has 0 fully saturated rings. The van der Waals surface area contributed by atoms with E-state index in [4.69, 9.17) is 0 Å². The molecule has 0 saturated carbocycles. The van der Waals surface area contributed by atoms with Crippen LogP contribution in [0.4, 0.5) is 0 Å². The zero-order valence-corrected chi connectivity index (χ0v) is 13.1. The van der Waals surface area contributed by atoms with E-state index in [1.54, 1.807) is 29.9 Å². The fraction of sp³-hybridized carbons (Fsp3) is 0.0667. The molecule has 3 rings (SSSR count). The molecule has 0 saturated heterocycles. The van der Waals surface area contributed by atoms with Crippen LogP contribution in [0.2, 0.25) is 0 Å². The molecule has 1 N–H and O–H groups in total. The van der Waals surface area contributed by atoms with Gasteiger partial charge in [-0.2, -0.15) is 5.10 Å². The second kappa shape index (κ2) is 7.15. The Bertz CT molecular complexity index is 768. The Morgan fingerprint density at radius 1 is 1.27 bits per heavy atom. The van der Waals surface area contributed by atoms with Gasteiger partial charge in [0, 0.05) is 12.4 Å². The molecule has 110 valence electrons. The fourth-order valence-electron chi connectivity index (χ4n) is 1.70. The van der Waals surface area contributed by atoms with Crippen molar-refractivity contribution in [1.29, 1.82) is 0 Å². The molecule has 0 radical (unpaired) electrons. The van der Waals surface area contributed by atoms with Gasteiger partial charge >= 0.3 is 0 Å². The third-order valence-electron chi connectivity index (χ3n) is 2.71. The molecule has 2 heterocycles. The van der Waals surface area contributed by atoms with Gasteiger partial charge in [-0.15, -0.1) is 11.3 Å². The highest BCUT2D eigenvalue weighted by Crippen LogP contribution is 2.28. The van der Waals surface area contributed by atoms with E-state index in [1.807, 2.05) is 36.4 Å². The number of nitrogens with one attached hydrogen (secondary N) is 1. The van der Waals surface area contributed by atoms with Crippen LogP contribution in [0.15, 0.2) is 58.2 Å². The number of para-hydroxylation sites is 1. The first-order valence-corrected chi connectivity index (χ1v) is 8.32. The molecule has 0 aliphatic heterocycles. The van der Waals surface area contributed by atoms with Crippen molar-refractivity contribution < 1.29 is 4.79 Å². The second-order valence-corrected chi connectivity index (χ2v) is 6.56. The van der Waals surface area contributed by atoms with Crippen molar-refractivity contribution >= 4 is 45.4 Å². The number of thiazole rings is 1. The number of nitrogens with zero attached hydrogens (tertiary/aromatic N) is 3. The van der Waals surface area contributed by atoms with Crippen LogP contribution in [0.25, 0.3) is 10.2 Å². The molecule has 0 spiro atoms. The Morgan fingerprint density at radius 3 is 2.91 bits per heavy atom. The number of aromatic nitrogens is 2. The van der Waals surface area contributed by atoms with Gasteiger partial charge in [-0.1, -0.05) is 23.9 Å². The summed E-state index contributed by atoms with van der Waals surface area (Å²) in [7, 11) is 0. The predicted octanol–water partition coefficient (Wildman–Crippen LogP) is 2.93. The molecule has 0 atom stereocenters. The van der Waals surface area contributed by atoms with Gasteiger partial charge in [-0.05, 0) is 29.8 Å². The number of thioether (sulfide) groups is 1.